The lowest BCUT2D eigenvalue weighted by atomic mass is 9.89. The summed E-state index contributed by atoms with van der Waals surface area (Å²) in [5, 5.41) is 2.81. The number of rotatable bonds is 6. The molecule has 26 heavy (non-hydrogen) atoms. The Kier molecular flexibility index (Phi) is 5.76. The van der Waals surface area contributed by atoms with Crippen molar-refractivity contribution in [3.8, 4) is 0 Å². The van der Waals surface area contributed by atoms with Crippen molar-refractivity contribution in [2.24, 2.45) is 5.41 Å². The number of amides is 1. The van der Waals surface area contributed by atoms with E-state index in [1.807, 2.05) is 33.8 Å². The van der Waals surface area contributed by atoms with E-state index in [2.05, 4.69) is 10.0 Å². The van der Waals surface area contributed by atoms with Crippen molar-refractivity contribution >= 4 is 27.3 Å². The normalized spacial score (nSPS) is 11.9. The monoisotopic (exact) mass is 374 g/mol. The number of carbonyl (C=O) groups is 1. The number of benzene rings is 2. The van der Waals surface area contributed by atoms with Crippen LogP contribution >= 0.6 is 0 Å². The minimum Gasteiger partial charge on any atom is -0.326 e. The van der Waals surface area contributed by atoms with E-state index in [9.17, 15) is 13.2 Å². The van der Waals surface area contributed by atoms with E-state index in [1.165, 1.54) is 6.07 Å². The second kappa shape index (κ2) is 7.50. The van der Waals surface area contributed by atoms with Gasteiger partial charge >= 0.3 is 0 Å². The molecule has 0 bridgehead atoms. The smallest absolute Gasteiger partial charge is 0.262 e. The molecule has 0 saturated heterocycles. The molecule has 2 aromatic rings. The predicted molar refractivity (Wildman–Crippen MR) is 106 cm³/mol. The standard InChI is InChI=1S/C20H26N2O3S/c1-6-20(4,5)19(23)21-16-11-10-15(3)18(13-16)26(24,25)22-17-9-7-8-14(2)12-17/h7-13,22H,6H2,1-5H3,(H,21,23). The van der Waals surface area contributed by atoms with Gasteiger partial charge in [-0.2, -0.15) is 0 Å². The van der Waals surface area contributed by atoms with Crippen LogP contribution in [-0.4, -0.2) is 14.3 Å². The molecule has 0 fully saturated rings. The molecule has 0 heterocycles. The molecule has 0 radical (unpaired) electrons. The van der Waals surface area contributed by atoms with Crippen molar-refractivity contribution in [3.63, 3.8) is 0 Å². The van der Waals surface area contributed by atoms with Crippen LogP contribution in [0.2, 0.25) is 0 Å². The number of sulfonamides is 1. The quantitative estimate of drug-likeness (QED) is 0.783. The third-order valence-corrected chi connectivity index (χ3v) is 6.03. The summed E-state index contributed by atoms with van der Waals surface area (Å²) < 4.78 is 28.2. The van der Waals surface area contributed by atoms with Gasteiger partial charge < -0.3 is 5.32 Å². The molecular weight excluding hydrogens is 348 g/mol. The molecule has 0 saturated carbocycles. The van der Waals surface area contributed by atoms with Crippen LogP contribution in [0.5, 0.6) is 0 Å². The van der Waals surface area contributed by atoms with Gasteiger partial charge in [-0.1, -0.05) is 39.0 Å². The van der Waals surface area contributed by atoms with Gasteiger partial charge in [0.05, 0.1) is 4.90 Å². The van der Waals surface area contributed by atoms with Crippen molar-refractivity contribution in [1.29, 1.82) is 0 Å². The molecule has 6 heteroatoms. The minimum absolute atomic E-state index is 0.140. The van der Waals surface area contributed by atoms with Crippen molar-refractivity contribution in [2.45, 2.75) is 45.9 Å². The first-order chi connectivity index (χ1) is 12.0. The Morgan fingerprint density at radius 1 is 1.04 bits per heavy atom. The highest BCUT2D eigenvalue weighted by Crippen LogP contribution is 2.26. The zero-order valence-corrected chi connectivity index (χ0v) is 16.7. The van der Waals surface area contributed by atoms with Gasteiger partial charge in [0, 0.05) is 16.8 Å². The molecule has 2 rings (SSSR count). The fraction of sp³-hybridized carbons (Fsp3) is 0.350. The molecular formula is C20H26N2O3S. The Morgan fingerprint density at radius 2 is 1.73 bits per heavy atom. The largest absolute Gasteiger partial charge is 0.326 e. The highest BCUT2D eigenvalue weighted by Gasteiger charge is 2.26. The average molecular weight is 375 g/mol. The first-order valence-electron chi connectivity index (χ1n) is 8.57. The Bertz CT molecular complexity index is 918. The van der Waals surface area contributed by atoms with Crippen molar-refractivity contribution in [1.82, 2.24) is 0 Å². The van der Waals surface area contributed by atoms with Crippen LogP contribution in [-0.2, 0) is 14.8 Å². The molecule has 140 valence electrons. The highest BCUT2D eigenvalue weighted by molar-refractivity contribution is 7.92. The lowest BCUT2D eigenvalue weighted by Crippen LogP contribution is -2.30. The van der Waals surface area contributed by atoms with Crippen LogP contribution in [0, 0.1) is 19.3 Å². The van der Waals surface area contributed by atoms with Gasteiger partial charge in [-0.25, -0.2) is 8.42 Å². The van der Waals surface area contributed by atoms with E-state index in [-0.39, 0.29) is 10.8 Å². The van der Waals surface area contributed by atoms with Gasteiger partial charge in [0.25, 0.3) is 10.0 Å². The summed E-state index contributed by atoms with van der Waals surface area (Å²) in [6.45, 7) is 9.28. The maximum absolute atomic E-state index is 12.8. The van der Waals surface area contributed by atoms with Gasteiger partial charge in [-0.3, -0.25) is 9.52 Å². The molecule has 2 N–H and O–H groups in total. The van der Waals surface area contributed by atoms with Gasteiger partial charge in [0.1, 0.15) is 0 Å². The zero-order valence-electron chi connectivity index (χ0n) is 15.9. The van der Waals surface area contributed by atoms with Crippen LogP contribution < -0.4 is 10.0 Å². The van der Waals surface area contributed by atoms with Crippen LogP contribution in [0.25, 0.3) is 0 Å². The van der Waals surface area contributed by atoms with Crippen LogP contribution in [0.1, 0.15) is 38.3 Å². The first kappa shape index (κ1) is 20.0. The number of carbonyl (C=O) groups excluding carboxylic acids is 1. The molecule has 5 nitrogen and oxygen atoms in total. The SMILES string of the molecule is CCC(C)(C)C(=O)Nc1ccc(C)c(S(=O)(=O)Nc2cccc(C)c2)c1. The topological polar surface area (TPSA) is 75.3 Å². The van der Waals surface area contributed by atoms with Gasteiger partial charge in [0.15, 0.2) is 0 Å². The van der Waals surface area contributed by atoms with Gasteiger partial charge in [-0.05, 0) is 55.7 Å². The summed E-state index contributed by atoms with van der Waals surface area (Å²) in [4.78, 5) is 12.5. The maximum Gasteiger partial charge on any atom is 0.262 e. The van der Waals surface area contributed by atoms with E-state index >= 15 is 0 Å². The number of hydrogen-bond acceptors (Lipinski definition) is 3. The zero-order chi connectivity index (χ0) is 19.5. The Labute approximate surface area is 155 Å². The first-order valence-corrected chi connectivity index (χ1v) is 10.0. The van der Waals surface area contributed by atoms with Crippen molar-refractivity contribution in [2.75, 3.05) is 10.0 Å². The van der Waals surface area contributed by atoms with E-state index in [0.717, 1.165) is 5.56 Å². The number of aryl methyl sites for hydroxylation is 2. The fourth-order valence-corrected chi connectivity index (χ4v) is 3.67. The van der Waals surface area contributed by atoms with E-state index in [1.54, 1.807) is 37.3 Å². The Morgan fingerprint density at radius 3 is 2.35 bits per heavy atom. The number of anilines is 2. The highest BCUT2D eigenvalue weighted by atomic mass is 32.2. The molecule has 0 aromatic heterocycles. The fourth-order valence-electron chi connectivity index (χ4n) is 2.35. The molecule has 0 spiro atoms. The number of nitrogens with one attached hydrogen (secondary N) is 2. The molecule has 0 aliphatic rings. The summed E-state index contributed by atoms with van der Waals surface area (Å²) >= 11 is 0. The third-order valence-electron chi connectivity index (χ3n) is 4.50. The van der Waals surface area contributed by atoms with Gasteiger partial charge in [0.2, 0.25) is 5.91 Å². The van der Waals surface area contributed by atoms with E-state index < -0.39 is 15.4 Å². The molecule has 0 atom stereocenters. The second-order valence-electron chi connectivity index (χ2n) is 7.15. The molecule has 0 unspecified atom stereocenters. The van der Waals surface area contributed by atoms with E-state index in [0.29, 0.717) is 23.4 Å². The van der Waals surface area contributed by atoms with Crippen molar-refractivity contribution < 1.29 is 13.2 Å². The summed E-state index contributed by atoms with van der Waals surface area (Å²) in [7, 11) is -3.76. The number of hydrogen-bond donors (Lipinski definition) is 2. The molecule has 1 amide bonds. The van der Waals surface area contributed by atoms with Gasteiger partial charge in [-0.15, -0.1) is 0 Å². The van der Waals surface area contributed by atoms with E-state index in [4.69, 9.17) is 0 Å². The van der Waals surface area contributed by atoms with Crippen LogP contribution in [0.15, 0.2) is 47.4 Å². The average Bonchev–Trinajstić information content (AvgIpc) is 2.56. The second-order valence-corrected chi connectivity index (χ2v) is 8.80. The lowest BCUT2D eigenvalue weighted by Gasteiger charge is -2.22. The third kappa shape index (κ3) is 4.64. The van der Waals surface area contributed by atoms with Crippen LogP contribution in [0.3, 0.4) is 0 Å². The summed E-state index contributed by atoms with van der Waals surface area (Å²) in [6, 6.07) is 12.1. The summed E-state index contributed by atoms with van der Waals surface area (Å²) in [5.74, 6) is -0.140. The minimum atomic E-state index is -3.76. The Hall–Kier alpha value is -2.34. The summed E-state index contributed by atoms with van der Waals surface area (Å²) in [5.41, 5.74) is 2.02. The molecule has 2 aromatic carbocycles. The maximum atomic E-state index is 12.8. The summed E-state index contributed by atoms with van der Waals surface area (Å²) in [6.07, 6.45) is 0.685. The molecule has 0 aliphatic carbocycles. The van der Waals surface area contributed by atoms with Crippen molar-refractivity contribution in [3.05, 3.63) is 53.6 Å². The lowest BCUT2D eigenvalue weighted by molar-refractivity contribution is -0.124. The predicted octanol–water partition coefficient (Wildman–Crippen LogP) is 4.48. The Balaban J connectivity index is 2.32. The van der Waals surface area contributed by atoms with Crippen LogP contribution in [0.4, 0.5) is 11.4 Å². The molecule has 0 aliphatic heterocycles.